The highest BCUT2D eigenvalue weighted by Crippen LogP contribution is 2.28. The second-order valence-corrected chi connectivity index (χ2v) is 3.70. The van der Waals surface area contributed by atoms with Crippen molar-refractivity contribution in [3.63, 3.8) is 0 Å². The molecule has 1 aromatic rings. The van der Waals surface area contributed by atoms with Crippen molar-refractivity contribution in [3.8, 4) is 5.75 Å². The van der Waals surface area contributed by atoms with E-state index in [1.54, 1.807) is 6.07 Å². The SMILES string of the molecule is COc1ccc(Cl)c(CCCCN)c1F. The van der Waals surface area contributed by atoms with Crippen LogP contribution in [0.25, 0.3) is 0 Å². The lowest BCUT2D eigenvalue weighted by Crippen LogP contribution is -2.01. The minimum atomic E-state index is -0.359. The number of methoxy groups -OCH3 is 1. The molecule has 0 aliphatic heterocycles. The molecular formula is C11H15ClFNO. The van der Waals surface area contributed by atoms with E-state index in [1.807, 2.05) is 0 Å². The van der Waals surface area contributed by atoms with Crippen molar-refractivity contribution in [2.45, 2.75) is 19.3 Å². The number of hydrogen-bond donors (Lipinski definition) is 1. The van der Waals surface area contributed by atoms with E-state index in [0.29, 0.717) is 23.6 Å². The smallest absolute Gasteiger partial charge is 0.169 e. The highest BCUT2D eigenvalue weighted by Gasteiger charge is 2.12. The fraction of sp³-hybridized carbons (Fsp3) is 0.455. The van der Waals surface area contributed by atoms with Gasteiger partial charge in [-0.1, -0.05) is 11.6 Å². The van der Waals surface area contributed by atoms with Crippen molar-refractivity contribution in [2.24, 2.45) is 5.73 Å². The average Bonchev–Trinajstić information content (AvgIpc) is 2.23. The molecule has 2 N–H and O–H groups in total. The number of benzene rings is 1. The van der Waals surface area contributed by atoms with Gasteiger partial charge in [-0.2, -0.15) is 0 Å². The van der Waals surface area contributed by atoms with Crippen LogP contribution in [0.1, 0.15) is 18.4 Å². The third-order valence-electron chi connectivity index (χ3n) is 2.25. The standard InChI is InChI=1S/C11H15ClFNO/c1-15-10-6-5-9(12)8(11(10)13)4-2-3-7-14/h5-6H,2-4,7,14H2,1H3. The zero-order valence-corrected chi connectivity index (χ0v) is 9.48. The summed E-state index contributed by atoms with van der Waals surface area (Å²) < 4.78 is 18.6. The molecule has 0 fully saturated rings. The van der Waals surface area contributed by atoms with Crippen molar-refractivity contribution >= 4 is 11.6 Å². The van der Waals surface area contributed by atoms with Crippen molar-refractivity contribution in [3.05, 3.63) is 28.5 Å². The van der Waals surface area contributed by atoms with Gasteiger partial charge in [0, 0.05) is 10.6 Å². The molecule has 2 nitrogen and oxygen atoms in total. The van der Waals surface area contributed by atoms with E-state index in [0.717, 1.165) is 12.8 Å². The maximum atomic E-state index is 13.7. The molecule has 15 heavy (non-hydrogen) atoms. The Bertz CT molecular complexity index is 331. The lowest BCUT2D eigenvalue weighted by atomic mass is 10.1. The summed E-state index contributed by atoms with van der Waals surface area (Å²) in [7, 11) is 1.44. The van der Waals surface area contributed by atoms with Gasteiger partial charge in [-0.3, -0.25) is 0 Å². The number of ether oxygens (including phenoxy) is 1. The fourth-order valence-corrected chi connectivity index (χ4v) is 1.65. The molecule has 84 valence electrons. The minimum Gasteiger partial charge on any atom is -0.494 e. The van der Waals surface area contributed by atoms with E-state index in [9.17, 15) is 4.39 Å². The molecule has 4 heteroatoms. The van der Waals surface area contributed by atoms with E-state index in [2.05, 4.69) is 0 Å². The van der Waals surface area contributed by atoms with Gasteiger partial charge in [0.2, 0.25) is 0 Å². The van der Waals surface area contributed by atoms with Gasteiger partial charge in [-0.15, -0.1) is 0 Å². The van der Waals surface area contributed by atoms with E-state index >= 15 is 0 Å². The first-order valence-electron chi connectivity index (χ1n) is 4.91. The molecule has 0 heterocycles. The minimum absolute atomic E-state index is 0.238. The molecule has 0 aliphatic carbocycles. The van der Waals surface area contributed by atoms with Gasteiger partial charge in [-0.25, -0.2) is 4.39 Å². The van der Waals surface area contributed by atoms with Crippen LogP contribution in [-0.2, 0) is 6.42 Å². The number of rotatable bonds is 5. The molecule has 0 bridgehead atoms. The normalized spacial score (nSPS) is 10.4. The van der Waals surface area contributed by atoms with Gasteiger partial charge in [0.25, 0.3) is 0 Å². The predicted molar refractivity (Wildman–Crippen MR) is 60.0 cm³/mol. The molecule has 0 saturated carbocycles. The van der Waals surface area contributed by atoms with Crippen LogP contribution in [0.3, 0.4) is 0 Å². The topological polar surface area (TPSA) is 35.2 Å². The molecule has 0 atom stereocenters. The van der Waals surface area contributed by atoms with Crippen LogP contribution >= 0.6 is 11.6 Å². The molecule has 0 spiro atoms. The molecular weight excluding hydrogens is 217 g/mol. The van der Waals surface area contributed by atoms with Crippen LogP contribution in [0.4, 0.5) is 4.39 Å². The highest BCUT2D eigenvalue weighted by molar-refractivity contribution is 6.31. The Morgan fingerprint density at radius 1 is 1.40 bits per heavy atom. The van der Waals surface area contributed by atoms with E-state index in [1.165, 1.54) is 13.2 Å². The average molecular weight is 232 g/mol. The molecule has 1 aromatic carbocycles. The zero-order chi connectivity index (χ0) is 11.3. The summed E-state index contributed by atoms with van der Waals surface area (Å²) >= 11 is 5.91. The largest absolute Gasteiger partial charge is 0.494 e. The Morgan fingerprint density at radius 3 is 2.73 bits per heavy atom. The summed E-state index contributed by atoms with van der Waals surface area (Å²) in [5.74, 6) is -0.121. The predicted octanol–water partition coefficient (Wildman–Crippen LogP) is 2.77. The monoisotopic (exact) mass is 231 g/mol. The summed E-state index contributed by atoms with van der Waals surface area (Å²) in [6.45, 7) is 0.614. The van der Waals surface area contributed by atoms with E-state index < -0.39 is 0 Å². The van der Waals surface area contributed by atoms with Gasteiger partial charge >= 0.3 is 0 Å². The molecule has 0 aromatic heterocycles. The third-order valence-corrected chi connectivity index (χ3v) is 2.61. The van der Waals surface area contributed by atoms with Gasteiger partial charge in [0.1, 0.15) is 0 Å². The van der Waals surface area contributed by atoms with Crippen LogP contribution in [0.5, 0.6) is 5.75 Å². The second-order valence-electron chi connectivity index (χ2n) is 3.29. The molecule has 0 radical (unpaired) electrons. The Morgan fingerprint density at radius 2 is 2.13 bits per heavy atom. The van der Waals surface area contributed by atoms with Crippen LogP contribution < -0.4 is 10.5 Å². The van der Waals surface area contributed by atoms with Crippen LogP contribution in [0, 0.1) is 5.82 Å². The van der Waals surface area contributed by atoms with Gasteiger partial charge in [0.15, 0.2) is 11.6 Å². The maximum absolute atomic E-state index is 13.7. The van der Waals surface area contributed by atoms with Crippen molar-refractivity contribution in [2.75, 3.05) is 13.7 Å². The van der Waals surface area contributed by atoms with Crippen LogP contribution in [-0.4, -0.2) is 13.7 Å². The molecule has 0 aliphatic rings. The Balaban J connectivity index is 2.84. The molecule has 0 amide bonds. The van der Waals surface area contributed by atoms with Crippen molar-refractivity contribution in [1.82, 2.24) is 0 Å². The lowest BCUT2D eigenvalue weighted by molar-refractivity contribution is 0.384. The van der Waals surface area contributed by atoms with Gasteiger partial charge in [-0.05, 0) is 37.9 Å². The fourth-order valence-electron chi connectivity index (χ4n) is 1.41. The third kappa shape index (κ3) is 3.08. The van der Waals surface area contributed by atoms with Crippen molar-refractivity contribution in [1.29, 1.82) is 0 Å². The van der Waals surface area contributed by atoms with E-state index in [-0.39, 0.29) is 11.6 Å². The zero-order valence-electron chi connectivity index (χ0n) is 8.72. The highest BCUT2D eigenvalue weighted by atomic mass is 35.5. The summed E-state index contributed by atoms with van der Waals surface area (Å²) in [6.07, 6.45) is 2.30. The summed E-state index contributed by atoms with van der Waals surface area (Å²) in [4.78, 5) is 0. The molecule has 1 rings (SSSR count). The summed E-state index contributed by atoms with van der Waals surface area (Å²) in [5, 5.41) is 0.449. The first kappa shape index (κ1) is 12.3. The molecule has 0 saturated heterocycles. The van der Waals surface area contributed by atoms with Crippen LogP contribution in [0.2, 0.25) is 5.02 Å². The van der Waals surface area contributed by atoms with Gasteiger partial charge in [0.05, 0.1) is 7.11 Å². The maximum Gasteiger partial charge on any atom is 0.169 e. The first-order valence-corrected chi connectivity index (χ1v) is 5.29. The number of hydrogen-bond acceptors (Lipinski definition) is 2. The Hall–Kier alpha value is -0.800. The van der Waals surface area contributed by atoms with Gasteiger partial charge < -0.3 is 10.5 Å². The lowest BCUT2D eigenvalue weighted by Gasteiger charge is -2.09. The first-order chi connectivity index (χ1) is 7.20. The van der Waals surface area contributed by atoms with E-state index in [4.69, 9.17) is 22.1 Å². The summed E-state index contributed by atoms with van der Waals surface area (Å²) in [5.41, 5.74) is 5.89. The van der Waals surface area contributed by atoms with Crippen LogP contribution in [0.15, 0.2) is 12.1 Å². The Kier molecular flexibility index (Phi) is 4.85. The van der Waals surface area contributed by atoms with Crippen molar-refractivity contribution < 1.29 is 9.13 Å². The number of halogens is 2. The Labute approximate surface area is 94.2 Å². The quantitative estimate of drug-likeness (QED) is 0.791. The number of unbranched alkanes of at least 4 members (excludes halogenated alkanes) is 1. The second kappa shape index (κ2) is 5.93. The molecule has 0 unspecified atom stereocenters. The number of nitrogens with two attached hydrogens (primary N) is 1. The summed E-state index contributed by atoms with van der Waals surface area (Å²) in [6, 6.07) is 3.19.